The van der Waals surface area contributed by atoms with Gasteiger partial charge in [-0.05, 0) is 35.0 Å². The van der Waals surface area contributed by atoms with Crippen molar-refractivity contribution >= 4 is 21.8 Å². The Kier molecular flexibility index (Phi) is 3.96. The van der Waals surface area contributed by atoms with Crippen LogP contribution in [0.2, 0.25) is 0 Å². The Hall–Kier alpha value is -1.14. The topological polar surface area (TPSA) is 63.1 Å². The minimum atomic E-state index is -0.173. The number of hydrogen-bond donors (Lipinski definition) is 2. The van der Waals surface area contributed by atoms with Crippen LogP contribution in [-0.4, -0.2) is 29.6 Å². The van der Waals surface area contributed by atoms with Crippen LogP contribution in [0.1, 0.15) is 6.42 Å². The Morgan fingerprint density at radius 1 is 1.59 bits per heavy atom. The van der Waals surface area contributed by atoms with Gasteiger partial charge in [0, 0.05) is 29.3 Å². The molecule has 92 valence electrons. The van der Waals surface area contributed by atoms with Gasteiger partial charge in [0.2, 0.25) is 5.91 Å². The van der Waals surface area contributed by atoms with E-state index < -0.39 is 0 Å². The number of carbonyl (C=O) groups excluding carboxylic acids is 1. The van der Waals surface area contributed by atoms with Gasteiger partial charge >= 0.3 is 0 Å². The molecule has 0 aliphatic carbocycles. The van der Waals surface area contributed by atoms with E-state index in [-0.39, 0.29) is 24.1 Å². The summed E-state index contributed by atoms with van der Waals surface area (Å²) in [4.78, 5) is 23.2. The zero-order valence-corrected chi connectivity index (χ0v) is 10.9. The molecule has 1 unspecified atom stereocenters. The van der Waals surface area contributed by atoms with E-state index in [2.05, 4.69) is 26.6 Å². The molecule has 0 bridgehead atoms. The van der Waals surface area contributed by atoms with E-state index in [4.69, 9.17) is 0 Å². The Morgan fingerprint density at radius 3 is 3.12 bits per heavy atom. The Balaban J connectivity index is 1.97. The second-order valence-corrected chi connectivity index (χ2v) is 4.99. The van der Waals surface area contributed by atoms with Crippen molar-refractivity contribution in [3.63, 3.8) is 0 Å². The van der Waals surface area contributed by atoms with Crippen LogP contribution in [0.15, 0.2) is 27.6 Å². The highest BCUT2D eigenvalue weighted by molar-refractivity contribution is 9.10. The standard InChI is InChI=1S/C11H14BrN3O2/c12-8-1-2-11(17)15(6-8)7-10(16)14-9-3-4-13-5-9/h1-2,6,9,13H,3-5,7H2,(H,14,16). The van der Waals surface area contributed by atoms with Crippen LogP contribution in [0.5, 0.6) is 0 Å². The van der Waals surface area contributed by atoms with Crippen LogP contribution in [0, 0.1) is 0 Å². The minimum absolute atomic E-state index is 0.0643. The predicted molar refractivity (Wildman–Crippen MR) is 67.8 cm³/mol. The zero-order chi connectivity index (χ0) is 12.3. The fourth-order valence-corrected chi connectivity index (χ4v) is 2.21. The van der Waals surface area contributed by atoms with Crippen LogP contribution in [0.25, 0.3) is 0 Å². The van der Waals surface area contributed by atoms with Crippen molar-refractivity contribution in [3.05, 3.63) is 33.2 Å². The molecule has 1 saturated heterocycles. The second kappa shape index (κ2) is 5.46. The van der Waals surface area contributed by atoms with E-state index in [0.717, 1.165) is 24.0 Å². The zero-order valence-electron chi connectivity index (χ0n) is 9.28. The molecule has 2 rings (SSSR count). The van der Waals surface area contributed by atoms with Crippen molar-refractivity contribution < 1.29 is 4.79 Å². The lowest BCUT2D eigenvalue weighted by atomic mass is 10.2. The van der Waals surface area contributed by atoms with Crippen LogP contribution in [0.3, 0.4) is 0 Å². The number of aromatic nitrogens is 1. The van der Waals surface area contributed by atoms with E-state index in [1.165, 1.54) is 10.6 Å². The molecule has 5 nitrogen and oxygen atoms in total. The lowest BCUT2D eigenvalue weighted by molar-refractivity contribution is -0.122. The molecule has 0 saturated carbocycles. The lowest BCUT2D eigenvalue weighted by Gasteiger charge is -2.12. The molecular formula is C11H14BrN3O2. The maximum atomic E-state index is 11.7. The molecule has 2 heterocycles. The van der Waals surface area contributed by atoms with Crippen LogP contribution in [0.4, 0.5) is 0 Å². The summed E-state index contributed by atoms with van der Waals surface area (Å²) in [6, 6.07) is 3.29. The van der Waals surface area contributed by atoms with Gasteiger partial charge in [-0.15, -0.1) is 0 Å². The maximum Gasteiger partial charge on any atom is 0.251 e. The Morgan fingerprint density at radius 2 is 2.41 bits per heavy atom. The third kappa shape index (κ3) is 3.41. The number of pyridine rings is 1. The van der Waals surface area contributed by atoms with E-state index in [9.17, 15) is 9.59 Å². The fourth-order valence-electron chi connectivity index (χ4n) is 1.83. The molecule has 0 aromatic carbocycles. The molecule has 1 aromatic rings. The van der Waals surface area contributed by atoms with Crippen molar-refractivity contribution in [2.45, 2.75) is 19.0 Å². The molecular weight excluding hydrogens is 286 g/mol. The third-order valence-electron chi connectivity index (χ3n) is 2.69. The highest BCUT2D eigenvalue weighted by Gasteiger charge is 2.16. The quantitative estimate of drug-likeness (QED) is 0.831. The molecule has 1 fully saturated rings. The van der Waals surface area contributed by atoms with Gasteiger partial charge in [-0.2, -0.15) is 0 Å². The summed E-state index contributed by atoms with van der Waals surface area (Å²) in [5, 5.41) is 6.07. The van der Waals surface area contributed by atoms with Gasteiger partial charge in [-0.3, -0.25) is 9.59 Å². The Bertz CT molecular complexity index is 466. The van der Waals surface area contributed by atoms with E-state index in [1.54, 1.807) is 12.3 Å². The maximum absolute atomic E-state index is 11.7. The number of carbonyl (C=O) groups is 1. The smallest absolute Gasteiger partial charge is 0.251 e. The summed E-state index contributed by atoms with van der Waals surface area (Å²) in [6.07, 6.45) is 2.56. The van der Waals surface area contributed by atoms with Crippen molar-refractivity contribution in [1.29, 1.82) is 0 Å². The predicted octanol–water partition coefficient (Wildman–Crippen LogP) is 0.0889. The normalized spacial score (nSPS) is 19.2. The highest BCUT2D eigenvalue weighted by Crippen LogP contribution is 2.04. The first-order valence-electron chi connectivity index (χ1n) is 5.51. The van der Waals surface area contributed by atoms with E-state index in [0.29, 0.717) is 0 Å². The van der Waals surface area contributed by atoms with Gasteiger partial charge in [-0.25, -0.2) is 0 Å². The summed E-state index contributed by atoms with van der Waals surface area (Å²) < 4.78 is 2.18. The second-order valence-electron chi connectivity index (χ2n) is 4.07. The molecule has 2 N–H and O–H groups in total. The number of hydrogen-bond acceptors (Lipinski definition) is 3. The summed E-state index contributed by atoms with van der Waals surface area (Å²) in [7, 11) is 0. The minimum Gasteiger partial charge on any atom is -0.350 e. The van der Waals surface area contributed by atoms with Crippen molar-refractivity contribution in [1.82, 2.24) is 15.2 Å². The average Bonchev–Trinajstić information content (AvgIpc) is 2.76. The van der Waals surface area contributed by atoms with Gasteiger partial charge in [0.05, 0.1) is 0 Å². The van der Waals surface area contributed by atoms with Crippen molar-refractivity contribution in [3.8, 4) is 0 Å². The van der Waals surface area contributed by atoms with Gasteiger partial charge < -0.3 is 15.2 Å². The Labute approximate surface area is 107 Å². The first kappa shape index (κ1) is 12.3. The summed E-state index contributed by atoms with van der Waals surface area (Å²) in [6.45, 7) is 1.80. The van der Waals surface area contributed by atoms with E-state index >= 15 is 0 Å². The molecule has 1 amide bonds. The molecule has 17 heavy (non-hydrogen) atoms. The lowest BCUT2D eigenvalue weighted by Crippen LogP contribution is -2.39. The number of nitrogens with zero attached hydrogens (tertiary/aromatic N) is 1. The summed E-state index contributed by atoms with van der Waals surface area (Å²) in [5.74, 6) is -0.126. The molecule has 0 radical (unpaired) electrons. The van der Waals surface area contributed by atoms with Crippen molar-refractivity contribution in [2.75, 3.05) is 13.1 Å². The SMILES string of the molecule is O=C(Cn1cc(Br)ccc1=O)NC1CCNC1. The monoisotopic (exact) mass is 299 g/mol. The summed E-state index contributed by atoms with van der Waals surface area (Å²) >= 11 is 3.27. The largest absolute Gasteiger partial charge is 0.350 e. The first-order valence-corrected chi connectivity index (χ1v) is 6.30. The molecule has 0 spiro atoms. The summed E-state index contributed by atoms with van der Waals surface area (Å²) in [5.41, 5.74) is -0.173. The fraction of sp³-hybridized carbons (Fsp3) is 0.455. The molecule has 1 aliphatic heterocycles. The number of rotatable bonds is 3. The molecule has 1 atom stereocenters. The number of amides is 1. The van der Waals surface area contributed by atoms with Gasteiger partial charge in [0.25, 0.3) is 5.56 Å². The number of nitrogens with one attached hydrogen (secondary N) is 2. The molecule has 1 aliphatic rings. The van der Waals surface area contributed by atoms with Gasteiger partial charge in [0.15, 0.2) is 0 Å². The molecule has 1 aromatic heterocycles. The van der Waals surface area contributed by atoms with Crippen LogP contribution < -0.4 is 16.2 Å². The first-order chi connectivity index (χ1) is 8.15. The van der Waals surface area contributed by atoms with Gasteiger partial charge in [-0.1, -0.05) is 0 Å². The van der Waals surface area contributed by atoms with Crippen LogP contribution >= 0.6 is 15.9 Å². The van der Waals surface area contributed by atoms with Crippen molar-refractivity contribution in [2.24, 2.45) is 0 Å². The average molecular weight is 300 g/mol. The third-order valence-corrected chi connectivity index (χ3v) is 3.16. The van der Waals surface area contributed by atoms with Gasteiger partial charge in [0.1, 0.15) is 6.54 Å². The number of halogens is 1. The van der Waals surface area contributed by atoms with Crippen LogP contribution in [-0.2, 0) is 11.3 Å². The molecule has 6 heteroatoms. The highest BCUT2D eigenvalue weighted by atomic mass is 79.9. The van der Waals surface area contributed by atoms with E-state index in [1.807, 2.05) is 0 Å².